The monoisotopic (exact) mass is 512 g/mol. The number of ether oxygens (including phenoxy) is 2. The SMILES string of the molecule is [O-][NH+](OCCOc1cccc2ccccc12)c1ccc([NH+]([O-])OCCOc2cccc3ccccc23)cc1. The van der Waals surface area contributed by atoms with Gasteiger partial charge in [-0.15, -0.1) is 0 Å². The van der Waals surface area contributed by atoms with Crippen molar-refractivity contribution >= 4 is 32.9 Å². The summed E-state index contributed by atoms with van der Waals surface area (Å²) in [4.78, 5) is 10.6. The van der Waals surface area contributed by atoms with Gasteiger partial charge in [0, 0.05) is 35.0 Å². The maximum atomic E-state index is 12.4. The Morgan fingerprint density at radius 3 is 1.29 bits per heavy atom. The molecule has 5 aromatic rings. The molecule has 0 aliphatic heterocycles. The first kappa shape index (κ1) is 25.6. The molecule has 2 N–H and O–H groups in total. The lowest BCUT2D eigenvalue weighted by Crippen LogP contribution is -3.02. The van der Waals surface area contributed by atoms with Crippen LogP contribution in [-0.4, -0.2) is 26.4 Å². The number of quaternary nitrogens is 2. The Kier molecular flexibility index (Phi) is 8.42. The summed E-state index contributed by atoms with van der Waals surface area (Å²) in [5, 5.41) is 27.9. The molecule has 5 rings (SSSR count). The number of nitrogens with one attached hydrogen (secondary N) is 2. The first-order valence-electron chi connectivity index (χ1n) is 12.3. The summed E-state index contributed by atoms with van der Waals surface area (Å²) in [6, 6.07) is 33.7. The molecule has 0 bridgehead atoms. The Morgan fingerprint density at radius 2 is 0.842 bits per heavy atom. The normalized spacial score (nSPS) is 12.9. The fourth-order valence-corrected chi connectivity index (χ4v) is 4.12. The van der Waals surface area contributed by atoms with E-state index in [1.807, 2.05) is 84.9 Å². The summed E-state index contributed by atoms with van der Waals surface area (Å²) < 4.78 is 11.6. The van der Waals surface area contributed by atoms with Crippen LogP contribution in [0.1, 0.15) is 0 Å². The third kappa shape index (κ3) is 6.27. The van der Waals surface area contributed by atoms with E-state index in [4.69, 9.17) is 19.1 Å². The van der Waals surface area contributed by atoms with Crippen molar-refractivity contribution in [2.45, 2.75) is 0 Å². The van der Waals surface area contributed by atoms with Crippen molar-refractivity contribution in [1.82, 2.24) is 0 Å². The van der Waals surface area contributed by atoms with Gasteiger partial charge in [-0.25, -0.2) is 0 Å². The van der Waals surface area contributed by atoms with Gasteiger partial charge in [0.1, 0.15) is 37.9 Å². The lowest BCUT2D eigenvalue weighted by Gasteiger charge is -2.22. The third-order valence-electron chi connectivity index (χ3n) is 6.00. The van der Waals surface area contributed by atoms with Crippen LogP contribution in [0, 0.1) is 10.4 Å². The van der Waals surface area contributed by atoms with Gasteiger partial charge >= 0.3 is 0 Å². The molecule has 0 spiro atoms. The molecule has 2 unspecified atom stereocenters. The van der Waals surface area contributed by atoms with Crippen LogP contribution in [0.15, 0.2) is 109 Å². The van der Waals surface area contributed by atoms with Crippen LogP contribution in [0.4, 0.5) is 11.4 Å². The molecule has 2 atom stereocenters. The first-order chi connectivity index (χ1) is 18.7. The zero-order valence-electron chi connectivity index (χ0n) is 20.7. The standard InChI is InChI=1S/C30H28N2O6/c33-31(37-21-19-35-29-13-5-9-23-7-1-3-11-27(23)29)25-15-17-26(18-16-25)32(34)38-22-20-36-30-14-6-10-24-8-2-4-12-28(24)30/h1-18,31-32H,19-22H2. The quantitative estimate of drug-likeness (QED) is 0.194. The van der Waals surface area contributed by atoms with Gasteiger partial charge in [0.25, 0.3) is 0 Å². The summed E-state index contributed by atoms with van der Waals surface area (Å²) >= 11 is 0. The topological polar surface area (TPSA) is 91.9 Å². The number of hydrogen-bond acceptors (Lipinski definition) is 6. The molecule has 0 aliphatic rings. The van der Waals surface area contributed by atoms with Gasteiger partial charge in [0.2, 0.25) is 0 Å². The van der Waals surface area contributed by atoms with Gasteiger partial charge in [-0.2, -0.15) is 20.1 Å². The minimum absolute atomic E-state index is 0.0998. The van der Waals surface area contributed by atoms with E-state index in [2.05, 4.69) is 0 Å². The highest BCUT2D eigenvalue weighted by molar-refractivity contribution is 5.88. The Balaban J connectivity index is 1.05. The lowest BCUT2D eigenvalue weighted by molar-refractivity contribution is -0.999. The average Bonchev–Trinajstić information content (AvgIpc) is 2.97. The summed E-state index contributed by atoms with van der Waals surface area (Å²) in [6.07, 6.45) is 0. The first-order valence-corrected chi connectivity index (χ1v) is 12.3. The average molecular weight is 513 g/mol. The van der Waals surface area contributed by atoms with Crippen LogP contribution in [0.5, 0.6) is 11.5 Å². The van der Waals surface area contributed by atoms with Crippen molar-refractivity contribution in [3.63, 3.8) is 0 Å². The number of benzene rings is 5. The highest BCUT2D eigenvalue weighted by Gasteiger charge is 2.10. The second-order valence-corrected chi connectivity index (χ2v) is 8.50. The predicted octanol–water partition coefficient (Wildman–Crippen LogP) is 4.04. The number of rotatable bonds is 12. The molecule has 0 heterocycles. The van der Waals surface area contributed by atoms with Crippen molar-refractivity contribution in [3.8, 4) is 11.5 Å². The third-order valence-corrected chi connectivity index (χ3v) is 6.00. The molecular formula is C30H28N2O6. The van der Waals surface area contributed by atoms with Gasteiger partial charge in [0.05, 0.1) is 0 Å². The number of hydrogen-bond donors (Lipinski definition) is 2. The van der Waals surface area contributed by atoms with Gasteiger partial charge in [0.15, 0.2) is 11.4 Å². The van der Waals surface area contributed by atoms with Gasteiger partial charge in [-0.3, -0.25) is 0 Å². The van der Waals surface area contributed by atoms with Crippen molar-refractivity contribution in [3.05, 3.63) is 120 Å². The van der Waals surface area contributed by atoms with Crippen molar-refractivity contribution in [2.24, 2.45) is 0 Å². The summed E-state index contributed by atoms with van der Waals surface area (Å²) in [6.45, 7) is 0.654. The highest BCUT2D eigenvalue weighted by atomic mass is 16.9. The largest absolute Gasteiger partial charge is 0.595 e. The molecule has 194 valence electrons. The van der Waals surface area contributed by atoms with Gasteiger partial charge in [-0.05, 0) is 22.9 Å². The Morgan fingerprint density at radius 1 is 0.447 bits per heavy atom. The summed E-state index contributed by atoms with van der Waals surface area (Å²) in [5.41, 5.74) is 0.678. The molecule has 0 radical (unpaired) electrons. The van der Waals surface area contributed by atoms with E-state index in [9.17, 15) is 10.4 Å². The maximum Gasteiger partial charge on any atom is 0.164 e. The molecule has 38 heavy (non-hydrogen) atoms. The van der Waals surface area contributed by atoms with Crippen LogP contribution in [0.2, 0.25) is 0 Å². The predicted molar refractivity (Wildman–Crippen MR) is 145 cm³/mol. The second kappa shape index (κ2) is 12.5. The summed E-state index contributed by atoms with van der Waals surface area (Å²) in [5.74, 6) is 1.48. The Hall–Kier alpha value is -4.02. The zero-order chi connectivity index (χ0) is 26.2. The molecule has 5 aromatic carbocycles. The molecular weight excluding hydrogens is 484 g/mol. The van der Waals surface area contributed by atoms with Crippen LogP contribution in [0.25, 0.3) is 21.5 Å². The van der Waals surface area contributed by atoms with E-state index < -0.39 is 10.5 Å². The molecule has 0 fully saturated rings. The molecule has 0 saturated carbocycles. The lowest BCUT2D eigenvalue weighted by atomic mass is 10.1. The highest BCUT2D eigenvalue weighted by Crippen LogP contribution is 2.26. The molecule has 0 aromatic heterocycles. The van der Waals surface area contributed by atoms with Crippen molar-refractivity contribution in [2.75, 3.05) is 26.4 Å². The Labute approximate surface area is 220 Å². The van der Waals surface area contributed by atoms with Crippen molar-refractivity contribution in [1.29, 1.82) is 0 Å². The van der Waals surface area contributed by atoms with E-state index >= 15 is 0 Å². The zero-order valence-corrected chi connectivity index (χ0v) is 20.7. The van der Waals surface area contributed by atoms with Crippen LogP contribution >= 0.6 is 0 Å². The molecule has 8 heteroatoms. The second-order valence-electron chi connectivity index (χ2n) is 8.50. The fraction of sp³-hybridized carbons (Fsp3) is 0.133. The van der Waals surface area contributed by atoms with Gasteiger partial charge < -0.3 is 19.9 Å². The smallest absolute Gasteiger partial charge is 0.164 e. The molecule has 0 amide bonds. The van der Waals surface area contributed by atoms with Crippen molar-refractivity contribution < 1.29 is 29.6 Å². The van der Waals surface area contributed by atoms with E-state index in [1.165, 1.54) is 24.3 Å². The van der Waals surface area contributed by atoms with E-state index in [0.717, 1.165) is 33.0 Å². The van der Waals surface area contributed by atoms with Crippen LogP contribution in [0.3, 0.4) is 0 Å². The minimum atomic E-state index is -0.491. The maximum absolute atomic E-state index is 12.4. The fourth-order valence-electron chi connectivity index (χ4n) is 4.12. The molecule has 0 saturated heterocycles. The molecule has 0 aliphatic carbocycles. The van der Waals surface area contributed by atoms with Crippen LogP contribution in [-0.2, 0) is 9.68 Å². The number of fused-ring (bicyclic) bond motifs is 2. The Bertz CT molecular complexity index is 1350. The van der Waals surface area contributed by atoms with E-state index in [0.29, 0.717) is 11.4 Å². The summed E-state index contributed by atoms with van der Waals surface area (Å²) in [7, 11) is 0. The van der Waals surface area contributed by atoms with E-state index in [-0.39, 0.29) is 26.4 Å². The van der Waals surface area contributed by atoms with Crippen LogP contribution < -0.4 is 19.9 Å². The van der Waals surface area contributed by atoms with Gasteiger partial charge in [-0.1, -0.05) is 72.8 Å². The molecule has 8 nitrogen and oxygen atoms in total. The van der Waals surface area contributed by atoms with E-state index in [1.54, 1.807) is 0 Å². The minimum Gasteiger partial charge on any atom is -0.595 e.